The minimum Gasteiger partial charge on any atom is -0.478 e. The fourth-order valence-electron chi connectivity index (χ4n) is 4.51. The van der Waals surface area contributed by atoms with Gasteiger partial charge in [0, 0.05) is 25.4 Å². The molecule has 1 aliphatic heterocycles. The van der Waals surface area contributed by atoms with E-state index in [0.717, 1.165) is 0 Å². The van der Waals surface area contributed by atoms with Crippen molar-refractivity contribution in [2.75, 3.05) is 13.1 Å². The molecule has 170 valence electrons. The smallest absolute Gasteiger partial charge is 0.340 e. The molecule has 0 aliphatic carbocycles. The summed E-state index contributed by atoms with van der Waals surface area (Å²) in [5.41, 5.74) is 1.33. The number of ether oxygens (including phenoxy) is 1. The van der Waals surface area contributed by atoms with Crippen molar-refractivity contribution in [3.8, 4) is 11.5 Å². The molecule has 0 spiro atoms. The number of benzene rings is 1. The van der Waals surface area contributed by atoms with Gasteiger partial charge in [-0.2, -0.15) is 5.10 Å². The number of hydrogen-bond acceptors (Lipinski definition) is 6. The van der Waals surface area contributed by atoms with Gasteiger partial charge in [0.15, 0.2) is 5.75 Å². The Balaban J connectivity index is 1.59. The highest BCUT2D eigenvalue weighted by Gasteiger charge is 2.35. The zero-order valence-electron chi connectivity index (χ0n) is 18.5. The predicted octanol–water partition coefficient (Wildman–Crippen LogP) is 3.78. The fourth-order valence-corrected chi connectivity index (χ4v) is 4.51. The van der Waals surface area contributed by atoms with E-state index in [-0.39, 0.29) is 18.0 Å². The van der Waals surface area contributed by atoms with E-state index in [1.807, 2.05) is 6.92 Å². The Hall–Kier alpha value is -3.85. The maximum absolute atomic E-state index is 13.1. The predicted molar refractivity (Wildman–Crippen MR) is 119 cm³/mol. The lowest BCUT2D eigenvalue weighted by molar-refractivity contribution is 0.0572. The van der Waals surface area contributed by atoms with Crippen molar-refractivity contribution in [3.05, 3.63) is 59.1 Å². The number of fused-ring (bicyclic) bond motifs is 2. The summed E-state index contributed by atoms with van der Waals surface area (Å²) in [7, 11) is 0. The first-order valence-corrected chi connectivity index (χ1v) is 10.6. The maximum atomic E-state index is 13.1. The Kier molecular flexibility index (Phi) is 4.68. The molecule has 3 aromatic heterocycles. The Labute approximate surface area is 188 Å². The van der Waals surface area contributed by atoms with Crippen LogP contribution < -0.4 is 4.74 Å². The van der Waals surface area contributed by atoms with Crippen LogP contribution in [0.2, 0.25) is 0 Å². The summed E-state index contributed by atoms with van der Waals surface area (Å²) < 4.78 is 13.4. The second-order valence-corrected chi connectivity index (χ2v) is 8.70. The highest BCUT2D eigenvalue weighted by Crippen LogP contribution is 2.38. The van der Waals surface area contributed by atoms with E-state index in [4.69, 9.17) is 9.15 Å². The van der Waals surface area contributed by atoms with Crippen LogP contribution in [-0.4, -0.2) is 55.3 Å². The molecule has 0 bridgehead atoms. The molecule has 1 aliphatic rings. The van der Waals surface area contributed by atoms with Gasteiger partial charge >= 0.3 is 5.97 Å². The van der Waals surface area contributed by atoms with Crippen molar-refractivity contribution in [1.82, 2.24) is 14.5 Å². The standard InChI is InChI=1S/C24H23N3O6/c1-13-15(22(28)26-10-8-24(3,31)12-26)11-27-21(13)18(7-9-25-27)33-17-6-4-5-16-20(17)19(23(29)30)14(2)32-16/h4-7,9,11,31H,8,10,12H2,1-3H3,(H,29,30)/t24-/m1/s1. The third-order valence-electron chi connectivity index (χ3n) is 6.15. The largest absolute Gasteiger partial charge is 0.478 e. The number of aromatic carboxylic acids is 1. The van der Waals surface area contributed by atoms with E-state index in [9.17, 15) is 19.8 Å². The minimum atomic E-state index is -1.10. The Morgan fingerprint density at radius 1 is 1.21 bits per heavy atom. The molecule has 5 rings (SSSR count). The summed E-state index contributed by atoms with van der Waals surface area (Å²) in [4.78, 5) is 26.6. The molecule has 1 fully saturated rings. The van der Waals surface area contributed by atoms with Crippen LogP contribution in [0.3, 0.4) is 0 Å². The quantitative estimate of drug-likeness (QED) is 0.487. The first-order valence-electron chi connectivity index (χ1n) is 10.6. The molecule has 0 unspecified atom stereocenters. The maximum Gasteiger partial charge on any atom is 0.340 e. The number of amides is 1. The Morgan fingerprint density at radius 3 is 2.70 bits per heavy atom. The molecule has 0 saturated carbocycles. The molecule has 9 nitrogen and oxygen atoms in total. The molecule has 1 amide bonds. The number of carboxylic acid groups (broad SMARTS) is 1. The lowest BCUT2D eigenvalue weighted by Gasteiger charge is -2.18. The number of β-amino-alcohol motifs (C(OH)–C–C–N with tert-alkyl or cyclic N) is 1. The van der Waals surface area contributed by atoms with Crippen molar-refractivity contribution >= 4 is 28.4 Å². The van der Waals surface area contributed by atoms with Gasteiger partial charge in [-0.25, -0.2) is 9.31 Å². The van der Waals surface area contributed by atoms with E-state index in [1.165, 1.54) is 0 Å². The number of aromatic nitrogens is 2. The van der Waals surface area contributed by atoms with E-state index in [2.05, 4.69) is 5.10 Å². The third-order valence-corrected chi connectivity index (χ3v) is 6.15. The van der Waals surface area contributed by atoms with Crippen molar-refractivity contribution in [3.63, 3.8) is 0 Å². The fraction of sp³-hybridized carbons (Fsp3) is 0.292. The van der Waals surface area contributed by atoms with Gasteiger partial charge in [0.25, 0.3) is 5.91 Å². The SMILES string of the molecule is Cc1oc2cccc(Oc3ccnn4cc(C(=O)N5CC[C@@](C)(O)C5)c(C)c34)c2c1C(=O)O. The summed E-state index contributed by atoms with van der Waals surface area (Å²) >= 11 is 0. The second kappa shape index (κ2) is 7.35. The number of aryl methyl sites for hydroxylation is 2. The average molecular weight is 449 g/mol. The van der Waals surface area contributed by atoms with Gasteiger partial charge in [0.05, 0.1) is 22.7 Å². The van der Waals surface area contributed by atoms with E-state index in [1.54, 1.807) is 59.9 Å². The third kappa shape index (κ3) is 3.41. The van der Waals surface area contributed by atoms with Crippen LogP contribution in [0.4, 0.5) is 0 Å². The highest BCUT2D eigenvalue weighted by molar-refractivity contribution is 6.06. The molecule has 1 atom stereocenters. The minimum absolute atomic E-state index is 0.0507. The number of carbonyl (C=O) groups is 2. The number of nitrogens with zero attached hydrogens (tertiary/aromatic N) is 3. The van der Waals surface area contributed by atoms with Gasteiger partial charge < -0.3 is 24.3 Å². The number of rotatable bonds is 4. The van der Waals surface area contributed by atoms with Gasteiger partial charge in [0.1, 0.15) is 28.2 Å². The number of carboxylic acids is 1. The summed E-state index contributed by atoms with van der Waals surface area (Å²) in [6.45, 7) is 5.89. The zero-order chi connectivity index (χ0) is 23.5. The Bertz CT molecular complexity index is 1430. The van der Waals surface area contributed by atoms with Crippen molar-refractivity contribution in [1.29, 1.82) is 0 Å². The van der Waals surface area contributed by atoms with Crippen molar-refractivity contribution in [2.24, 2.45) is 0 Å². The van der Waals surface area contributed by atoms with Crippen LogP contribution >= 0.6 is 0 Å². The van der Waals surface area contributed by atoms with Crippen LogP contribution in [0.15, 0.2) is 41.1 Å². The van der Waals surface area contributed by atoms with E-state index < -0.39 is 11.6 Å². The highest BCUT2D eigenvalue weighted by atomic mass is 16.5. The van der Waals surface area contributed by atoms with Crippen LogP contribution in [0, 0.1) is 13.8 Å². The summed E-state index contributed by atoms with van der Waals surface area (Å²) in [5.74, 6) is -0.226. The van der Waals surface area contributed by atoms with Gasteiger partial charge in [-0.05, 0) is 44.9 Å². The first-order chi connectivity index (χ1) is 15.7. The van der Waals surface area contributed by atoms with Crippen molar-refractivity contribution < 1.29 is 29.0 Å². The molecular formula is C24H23N3O6. The molecule has 2 N–H and O–H groups in total. The molecule has 9 heteroatoms. The second-order valence-electron chi connectivity index (χ2n) is 8.70. The molecule has 1 aromatic carbocycles. The normalized spacial score (nSPS) is 18.4. The summed E-state index contributed by atoms with van der Waals surface area (Å²) in [6, 6.07) is 6.76. The number of carbonyl (C=O) groups excluding carboxylic acids is 1. The van der Waals surface area contributed by atoms with E-state index in [0.29, 0.717) is 57.8 Å². The molecule has 33 heavy (non-hydrogen) atoms. The van der Waals surface area contributed by atoms with Gasteiger partial charge in [-0.1, -0.05) is 6.07 Å². The topological polar surface area (TPSA) is 118 Å². The summed E-state index contributed by atoms with van der Waals surface area (Å²) in [6.07, 6.45) is 3.73. The number of aliphatic hydroxyl groups is 1. The number of likely N-dealkylation sites (tertiary alicyclic amines) is 1. The molecular weight excluding hydrogens is 426 g/mol. The van der Waals surface area contributed by atoms with Crippen LogP contribution in [0.25, 0.3) is 16.5 Å². The Morgan fingerprint density at radius 2 is 2.00 bits per heavy atom. The molecule has 4 heterocycles. The molecule has 0 radical (unpaired) electrons. The van der Waals surface area contributed by atoms with Gasteiger partial charge in [-0.3, -0.25) is 4.79 Å². The first kappa shape index (κ1) is 21.0. The van der Waals surface area contributed by atoms with Crippen LogP contribution in [0.1, 0.15) is 45.4 Å². The van der Waals surface area contributed by atoms with Gasteiger partial charge in [-0.15, -0.1) is 0 Å². The van der Waals surface area contributed by atoms with Crippen LogP contribution in [-0.2, 0) is 0 Å². The lowest BCUT2D eigenvalue weighted by atomic mass is 10.1. The zero-order valence-corrected chi connectivity index (χ0v) is 18.5. The number of hydrogen-bond donors (Lipinski definition) is 2. The molecule has 4 aromatic rings. The molecule has 1 saturated heterocycles. The number of furan rings is 1. The van der Waals surface area contributed by atoms with Crippen LogP contribution in [0.5, 0.6) is 11.5 Å². The van der Waals surface area contributed by atoms with Crippen molar-refractivity contribution in [2.45, 2.75) is 32.8 Å². The monoisotopic (exact) mass is 449 g/mol. The van der Waals surface area contributed by atoms with E-state index >= 15 is 0 Å². The average Bonchev–Trinajstić information content (AvgIpc) is 3.40. The summed E-state index contributed by atoms with van der Waals surface area (Å²) in [5, 5.41) is 24.6. The van der Waals surface area contributed by atoms with Gasteiger partial charge in [0.2, 0.25) is 0 Å². The lowest BCUT2D eigenvalue weighted by Crippen LogP contribution is -2.34.